The summed E-state index contributed by atoms with van der Waals surface area (Å²) in [5, 5.41) is 0. The molecule has 0 saturated carbocycles. The molecule has 0 aliphatic carbocycles. The van der Waals surface area contributed by atoms with E-state index in [1.165, 1.54) is 7.11 Å². The number of carbonyl (C=O) groups is 2. The maximum atomic E-state index is 11.1. The van der Waals surface area contributed by atoms with Crippen LogP contribution in [0, 0.1) is 0 Å². The molecule has 0 aromatic rings. The molecule has 0 spiro atoms. The Morgan fingerprint density at radius 3 is 1.88 bits per heavy atom. The van der Waals surface area contributed by atoms with Gasteiger partial charge < -0.3 is 9.47 Å². The minimum Gasteiger partial charge on any atom is -0.469 e. The van der Waals surface area contributed by atoms with Crippen LogP contribution in [0.5, 0.6) is 0 Å². The molecule has 4 nitrogen and oxygen atoms in total. The summed E-state index contributed by atoms with van der Waals surface area (Å²) in [5.41, 5.74) is 0. The molecule has 4 heteroatoms. The van der Waals surface area contributed by atoms with Gasteiger partial charge in [-0.25, -0.2) is 0 Å². The Morgan fingerprint density at radius 2 is 1.35 bits per heavy atom. The lowest BCUT2D eigenvalue weighted by molar-refractivity contribution is -0.140. The van der Waals surface area contributed by atoms with Crippen molar-refractivity contribution in [3.8, 4) is 0 Å². The van der Waals surface area contributed by atoms with Crippen LogP contribution in [0.1, 0.15) is 51.4 Å². The van der Waals surface area contributed by atoms with Crippen molar-refractivity contribution in [3.63, 3.8) is 0 Å². The summed E-state index contributed by atoms with van der Waals surface area (Å²) >= 11 is 0. The summed E-state index contributed by atoms with van der Waals surface area (Å²) < 4.78 is 9.31. The van der Waals surface area contributed by atoms with Gasteiger partial charge in [0.15, 0.2) is 5.78 Å². The standard InChI is InChI=1S/C13H24O4/c1-16-11-12(14)9-7-5-3-4-6-8-10-13(15)17-2/h3-11H2,1-2H3. The molecule has 0 aromatic carbocycles. The van der Waals surface area contributed by atoms with Gasteiger partial charge in [0.1, 0.15) is 6.61 Å². The predicted molar refractivity (Wildman–Crippen MR) is 65.8 cm³/mol. The fourth-order valence-corrected chi connectivity index (χ4v) is 1.63. The summed E-state index contributed by atoms with van der Waals surface area (Å²) in [4.78, 5) is 21.9. The Kier molecular flexibility index (Phi) is 11.0. The van der Waals surface area contributed by atoms with E-state index < -0.39 is 0 Å². The molecule has 17 heavy (non-hydrogen) atoms. The molecule has 0 aliphatic heterocycles. The van der Waals surface area contributed by atoms with Crippen LogP contribution in [0.2, 0.25) is 0 Å². The van der Waals surface area contributed by atoms with Crippen molar-refractivity contribution >= 4 is 11.8 Å². The van der Waals surface area contributed by atoms with Crippen molar-refractivity contribution in [3.05, 3.63) is 0 Å². The second-order valence-corrected chi connectivity index (χ2v) is 4.17. The minimum atomic E-state index is -0.129. The summed E-state index contributed by atoms with van der Waals surface area (Å²) in [6.45, 7) is 0.235. The highest BCUT2D eigenvalue weighted by atomic mass is 16.5. The van der Waals surface area contributed by atoms with Crippen LogP contribution in [0.15, 0.2) is 0 Å². The smallest absolute Gasteiger partial charge is 0.305 e. The Balaban J connectivity index is 3.13. The molecular formula is C13H24O4. The van der Waals surface area contributed by atoms with Crippen LogP contribution in [-0.4, -0.2) is 32.6 Å². The van der Waals surface area contributed by atoms with E-state index in [1.54, 1.807) is 7.11 Å². The van der Waals surface area contributed by atoms with Crippen LogP contribution in [0.4, 0.5) is 0 Å². The third kappa shape index (κ3) is 11.4. The Bertz CT molecular complexity index is 213. The normalized spacial score (nSPS) is 10.2. The molecule has 0 radical (unpaired) electrons. The second kappa shape index (κ2) is 11.6. The lowest BCUT2D eigenvalue weighted by Crippen LogP contribution is -2.05. The van der Waals surface area contributed by atoms with Gasteiger partial charge in [0, 0.05) is 20.0 Å². The highest BCUT2D eigenvalue weighted by molar-refractivity contribution is 5.79. The number of unbranched alkanes of at least 4 members (excludes halogenated alkanes) is 5. The van der Waals surface area contributed by atoms with Crippen LogP contribution in [0.25, 0.3) is 0 Å². The first-order valence-electron chi connectivity index (χ1n) is 6.28. The number of Topliss-reactive ketones (excluding diaryl/α,β-unsaturated/α-hetero) is 1. The molecule has 0 amide bonds. The quantitative estimate of drug-likeness (QED) is 0.414. The zero-order valence-corrected chi connectivity index (χ0v) is 11.0. The van der Waals surface area contributed by atoms with Crippen molar-refractivity contribution in [1.29, 1.82) is 0 Å². The topological polar surface area (TPSA) is 52.6 Å². The third-order valence-corrected chi connectivity index (χ3v) is 2.62. The maximum absolute atomic E-state index is 11.1. The average molecular weight is 244 g/mol. The van der Waals surface area contributed by atoms with Crippen LogP contribution in [0.3, 0.4) is 0 Å². The number of rotatable bonds is 11. The number of methoxy groups -OCH3 is 2. The SMILES string of the molecule is COCC(=O)CCCCCCCCC(=O)OC. The van der Waals surface area contributed by atoms with E-state index in [-0.39, 0.29) is 18.4 Å². The molecule has 0 fully saturated rings. The monoisotopic (exact) mass is 244 g/mol. The van der Waals surface area contributed by atoms with Gasteiger partial charge in [-0.3, -0.25) is 9.59 Å². The molecule has 0 aliphatic rings. The Morgan fingerprint density at radius 1 is 0.824 bits per heavy atom. The van der Waals surface area contributed by atoms with E-state index >= 15 is 0 Å². The first-order chi connectivity index (χ1) is 8.20. The molecule has 0 aromatic heterocycles. The zero-order valence-electron chi connectivity index (χ0n) is 11.0. The Labute approximate surface area is 104 Å². The number of esters is 1. The summed E-state index contributed by atoms with van der Waals surface area (Å²) in [7, 11) is 2.96. The van der Waals surface area contributed by atoms with E-state index in [0.29, 0.717) is 12.8 Å². The van der Waals surface area contributed by atoms with E-state index in [0.717, 1.165) is 38.5 Å². The number of ether oxygens (including phenoxy) is 2. The molecule has 100 valence electrons. The first kappa shape index (κ1) is 16.1. The highest BCUT2D eigenvalue weighted by Gasteiger charge is 2.01. The molecule has 0 rings (SSSR count). The number of hydrogen-bond donors (Lipinski definition) is 0. The van der Waals surface area contributed by atoms with Gasteiger partial charge in [-0.2, -0.15) is 0 Å². The van der Waals surface area contributed by atoms with Crippen LogP contribution in [-0.2, 0) is 19.1 Å². The van der Waals surface area contributed by atoms with E-state index in [9.17, 15) is 9.59 Å². The molecule has 0 atom stereocenters. The number of carbonyl (C=O) groups excluding carboxylic acids is 2. The molecule has 0 saturated heterocycles. The fraction of sp³-hybridized carbons (Fsp3) is 0.846. The molecule has 0 N–H and O–H groups in total. The van der Waals surface area contributed by atoms with Gasteiger partial charge in [0.2, 0.25) is 0 Å². The largest absolute Gasteiger partial charge is 0.469 e. The van der Waals surface area contributed by atoms with Gasteiger partial charge in [-0.05, 0) is 12.8 Å². The van der Waals surface area contributed by atoms with E-state index in [4.69, 9.17) is 4.74 Å². The van der Waals surface area contributed by atoms with Crippen LogP contribution >= 0.6 is 0 Å². The first-order valence-corrected chi connectivity index (χ1v) is 6.28. The molecule has 0 heterocycles. The van der Waals surface area contributed by atoms with E-state index in [2.05, 4.69) is 4.74 Å². The lowest BCUT2D eigenvalue weighted by Gasteiger charge is -2.01. The summed E-state index contributed by atoms with van der Waals surface area (Å²) in [6.07, 6.45) is 7.36. The fourth-order valence-electron chi connectivity index (χ4n) is 1.63. The van der Waals surface area contributed by atoms with Gasteiger partial charge in [-0.1, -0.05) is 25.7 Å². The predicted octanol–water partition coefficient (Wildman–Crippen LogP) is 2.50. The number of hydrogen-bond acceptors (Lipinski definition) is 4. The van der Waals surface area contributed by atoms with Crippen molar-refractivity contribution in [2.24, 2.45) is 0 Å². The summed E-state index contributed by atoms with van der Waals surface area (Å²) in [6, 6.07) is 0. The maximum Gasteiger partial charge on any atom is 0.305 e. The van der Waals surface area contributed by atoms with Crippen molar-refractivity contribution in [2.45, 2.75) is 51.4 Å². The van der Waals surface area contributed by atoms with E-state index in [1.807, 2.05) is 0 Å². The lowest BCUT2D eigenvalue weighted by atomic mass is 10.1. The van der Waals surface area contributed by atoms with Gasteiger partial charge in [-0.15, -0.1) is 0 Å². The van der Waals surface area contributed by atoms with Gasteiger partial charge in [0.05, 0.1) is 7.11 Å². The Hall–Kier alpha value is -0.900. The molecular weight excluding hydrogens is 220 g/mol. The third-order valence-electron chi connectivity index (χ3n) is 2.62. The summed E-state index contributed by atoms with van der Waals surface area (Å²) in [5.74, 6) is 0.0494. The minimum absolute atomic E-state index is 0.129. The zero-order chi connectivity index (χ0) is 12.9. The van der Waals surface area contributed by atoms with Crippen molar-refractivity contribution < 1.29 is 19.1 Å². The van der Waals surface area contributed by atoms with Gasteiger partial charge in [0.25, 0.3) is 0 Å². The van der Waals surface area contributed by atoms with Crippen LogP contribution < -0.4 is 0 Å². The second-order valence-electron chi connectivity index (χ2n) is 4.17. The number of ketones is 1. The van der Waals surface area contributed by atoms with Gasteiger partial charge >= 0.3 is 5.97 Å². The van der Waals surface area contributed by atoms with Crippen molar-refractivity contribution in [2.75, 3.05) is 20.8 Å². The molecule has 0 bridgehead atoms. The molecule has 0 unspecified atom stereocenters. The average Bonchev–Trinajstić information content (AvgIpc) is 2.32. The van der Waals surface area contributed by atoms with Crippen molar-refractivity contribution in [1.82, 2.24) is 0 Å². The highest BCUT2D eigenvalue weighted by Crippen LogP contribution is 2.09.